The van der Waals surface area contributed by atoms with Crippen molar-refractivity contribution in [2.45, 2.75) is 30.1 Å². The first-order valence-electron chi connectivity index (χ1n) is 12.9. The van der Waals surface area contributed by atoms with E-state index in [1.165, 1.54) is 15.4 Å². The molecule has 1 heterocycles. The molecule has 6 aromatic rings. The maximum Gasteiger partial charge on any atom is 0.295 e. The monoisotopic (exact) mass is 515 g/mol. The van der Waals surface area contributed by atoms with Crippen LogP contribution in [-0.2, 0) is 13.5 Å². The summed E-state index contributed by atoms with van der Waals surface area (Å²) in [5.41, 5.74) is 4.52. The maximum atomic E-state index is 13.7. The molecule has 0 aliphatic rings. The molecule has 1 aromatic heterocycles. The van der Waals surface area contributed by atoms with Crippen LogP contribution < -0.4 is 10.9 Å². The molecule has 0 amide bonds. The standard InChI is InChI=1S/C33H29N3OS/c1-4-23-18-20-25(21-19-23)38-32-28-16-10-8-14-26(28)31(27-15-9-11-17-29(27)32)34-30-22(2)35(3)36(33(30)37)24-12-6-5-7-13-24/h5-21,34H,4H2,1-3H3. The molecule has 0 saturated carbocycles. The molecular weight excluding hydrogens is 486 g/mol. The first-order valence-corrected chi connectivity index (χ1v) is 13.7. The van der Waals surface area contributed by atoms with Gasteiger partial charge in [0.05, 0.1) is 17.1 Å². The molecule has 5 aromatic carbocycles. The largest absolute Gasteiger partial charge is 0.348 e. The van der Waals surface area contributed by atoms with Crippen molar-refractivity contribution in [2.75, 3.05) is 5.32 Å². The second-order valence-corrected chi connectivity index (χ2v) is 10.5. The van der Waals surface area contributed by atoms with E-state index in [1.54, 1.807) is 16.4 Å². The van der Waals surface area contributed by atoms with Crippen LogP contribution in [0.2, 0.25) is 0 Å². The smallest absolute Gasteiger partial charge is 0.295 e. The Balaban J connectivity index is 1.54. The number of fused-ring (bicyclic) bond motifs is 2. The Morgan fingerprint density at radius 3 is 1.84 bits per heavy atom. The van der Waals surface area contributed by atoms with Crippen molar-refractivity contribution in [1.29, 1.82) is 0 Å². The van der Waals surface area contributed by atoms with Crippen molar-refractivity contribution in [3.8, 4) is 5.69 Å². The summed E-state index contributed by atoms with van der Waals surface area (Å²) in [4.78, 5) is 16.2. The number of aryl methyl sites for hydroxylation is 1. The summed E-state index contributed by atoms with van der Waals surface area (Å²) in [6.45, 7) is 4.16. The zero-order chi connectivity index (χ0) is 26.2. The molecule has 0 bridgehead atoms. The highest BCUT2D eigenvalue weighted by molar-refractivity contribution is 7.99. The molecule has 0 fully saturated rings. The minimum Gasteiger partial charge on any atom is -0.348 e. The minimum absolute atomic E-state index is 0.0705. The van der Waals surface area contributed by atoms with E-state index in [0.29, 0.717) is 5.69 Å². The van der Waals surface area contributed by atoms with Crippen molar-refractivity contribution in [3.63, 3.8) is 0 Å². The van der Waals surface area contributed by atoms with Crippen molar-refractivity contribution in [1.82, 2.24) is 9.36 Å². The number of anilines is 2. The van der Waals surface area contributed by atoms with E-state index in [1.807, 2.05) is 49.0 Å². The Labute approximate surface area is 226 Å². The molecule has 0 saturated heterocycles. The van der Waals surface area contributed by atoms with Crippen LogP contribution in [0.5, 0.6) is 0 Å². The predicted octanol–water partition coefficient (Wildman–Crippen LogP) is 8.25. The van der Waals surface area contributed by atoms with E-state index < -0.39 is 0 Å². The van der Waals surface area contributed by atoms with Gasteiger partial charge in [0.1, 0.15) is 5.69 Å². The third kappa shape index (κ3) is 4.09. The van der Waals surface area contributed by atoms with Gasteiger partial charge in [0.2, 0.25) is 0 Å². The van der Waals surface area contributed by atoms with Gasteiger partial charge in [-0.15, -0.1) is 0 Å². The Bertz CT molecular complexity index is 1780. The average molecular weight is 516 g/mol. The topological polar surface area (TPSA) is 39.0 Å². The lowest BCUT2D eigenvalue weighted by Gasteiger charge is -2.17. The van der Waals surface area contributed by atoms with E-state index in [4.69, 9.17) is 0 Å². The second kappa shape index (κ2) is 9.92. The number of nitrogens with zero attached hydrogens (tertiary/aromatic N) is 2. The number of hydrogen-bond donors (Lipinski definition) is 1. The first-order chi connectivity index (χ1) is 18.6. The lowest BCUT2D eigenvalue weighted by Crippen LogP contribution is -2.20. The molecule has 1 N–H and O–H groups in total. The lowest BCUT2D eigenvalue weighted by atomic mass is 10.0. The fourth-order valence-electron chi connectivity index (χ4n) is 5.08. The third-order valence-electron chi connectivity index (χ3n) is 7.24. The zero-order valence-corrected chi connectivity index (χ0v) is 22.5. The van der Waals surface area contributed by atoms with Crippen molar-refractivity contribution < 1.29 is 0 Å². The quantitative estimate of drug-likeness (QED) is 0.227. The Morgan fingerprint density at radius 2 is 1.26 bits per heavy atom. The number of para-hydroxylation sites is 1. The molecule has 5 heteroatoms. The van der Waals surface area contributed by atoms with Gasteiger partial charge in [0, 0.05) is 27.6 Å². The van der Waals surface area contributed by atoms with Gasteiger partial charge in [-0.05, 0) is 53.9 Å². The highest BCUT2D eigenvalue weighted by Gasteiger charge is 2.20. The molecular formula is C33H29N3OS. The number of rotatable bonds is 6. The summed E-state index contributed by atoms with van der Waals surface area (Å²) >= 11 is 1.79. The highest BCUT2D eigenvalue weighted by Crippen LogP contribution is 2.44. The van der Waals surface area contributed by atoms with Gasteiger partial charge in [0.25, 0.3) is 5.56 Å². The zero-order valence-electron chi connectivity index (χ0n) is 21.7. The van der Waals surface area contributed by atoms with Crippen LogP contribution in [0.3, 0.4) is 0 Å². The second-order valence-electron chi connectivity index (χ2n) is 9.46. The van der Waals surface area contributed by atoms with E-state index in [-0.39, 0.29) is 5.56 Å². The summed E-state index contributed by atoms with van der Waals surface area (Å²) in [7, 11) is 1.93. The van der Waals surface area contributed by atoms with E-state index in [2.05, 4.69) is 85.0 Å². The normalized spacial score (nSPS) is 11.3. The Hall–Kier alpha value is -4.22. The molecule has 0 aliphatic carbocycles. The van der Waals surface area contributed by atoms with Crippen LogP contribution in [0, 0.1) is 6.92 Å². The fourth-order valence-corrected chi connectivity index (χ4v) is 6.17. The van der Waals surface area contributed by atoms with Gasteiger partial charge < -0.3 is 5.32 Å². The molecule has 38 heavy (non-hydrogen) atoms. The van der Waals surface area contributed by atoms with Crippen LogP contribution in [0.1, 0.15) is 18.2 Å². The summed E-state index contributed by atoms with van der Waals surface area (Å²) in [6.07, 6.45) is 1.03. The van der Waals surface area contributed by atoms with Crippen molar-refractivity contribution in [3.05, 3.63) is 125 Å². The number of benzene rings is 5. The van der Waals surface area contributed by atoms with Crippen LogP contribution in [-0.4, -0.2) is 9.36 Å². The Kier molecular flexibility index (Phi) is 6.30. The third-order valence-corrected chi connectivity index (χ3v) is 8.39. The Morgan fingerprint density at radius 1 is 0.711 bits per heavy atom. The minimum atomic E-state index is -0.0705. The van der Waals surface area contributed by atoms with Crippen LogP contribution in [0.25, 0.3) is 27.2 Å². The SMILES string of the molecule is CCc1ccc(Sc2c3ccccc3c(Nc3c(C)n(C)n(-c4ccccc4)c3=O)c3ccccc23)cc1. The number of hydrogen-bond acceptors (Lipinski definition) is 3. The predicted molar refractivity (Wildman–Crippen MR) is 160 cm³/mol. The molecule has 6 rings (SSSR count). The summed E-state index contributed by atoms with van der Waals surface area (Å²) in [5.74, 6) is 0. The van der Waals surface area contributed by atoms with E-state index in [9.17, 15) is 4.79 Å². The number of nitrogens with one attached hydrogen (secondary N) is 1. The number of aromatic nitrogens is 2. The molecule has 0 spiro atoms. The summed E-state index contributed by atoms with van der Waals surface area (Å²) in [5, 5.41) is 8.11. The summed E-state index contributed by atoms with van der Waals surface area (Å²) in [6, 6.07) is 35.5. The fraction of sp³-hybridized carbons (Fsp3) is 0.121. The van der Waals surface area contributed by atoms with Gasteiger partial charge in [-0.25, -0.2) is 4.68 Å². The average Bonchev–Trinajstić information content (AvgIpc) is 3.18. The molecule has 4 nitrogen and oxygen atoms in total. The maximum absolute atomic E-state index is 13.7. The van der Waals surface area contributed by atoms with Crippen LogP contribution in [0.15, 0.2) is 118 Å². The van der Waals surface area contributed by atoms with E-state index in [0.717, 1.165) is 45.0 Å². The van der Waals surface area contributed by atoms with Gasteiger partial charge in [-0.2, -0.15) is 0 Å². The molecule has 0 aliphatic heterocycles. The van der Waals surface area contributed by atoms with Gasteiger partial charge in [0.15, 0.2) is 0 Å². The highest BCUT2D eigenvalue weighted by atomic mass is 32.2. The first kappa shape index (κ1) is 24.1. The van der Waals surface area contributed by atoms with Crippen LogP contribution >= 0.6 is 11.8 Å². The molecule has 188 valence electrons. The lowest BCUT2D eigenvalue weighted by molar-refractivity contribution is 0.630. The molecule has 0 unspecified atom stereocenters. The van der Waals surface area contributed by atoms with Crippen molar-refractivity contribution >= 4 is 44.7 Å². The van der Waals surface area contributed by atoms with Gasteiger partial charge in [-0.1, -0.05) is 97.5 Å². The van der Waals surface area contributed by atoms with Gasteiger partial charge >= 0.3 is 0 Å². The van der Waals surface area contributed by atoms with Gasteiger partial charge in [-0.3, -0.25) is 9.48 Å². The van der Waals surface area contributed by atoms with Crippen LogP contribution in [0.4, 0.5) is 11.4 Å². The van der Waals surface area contributed by atoms with E-state index >= 15 is 0 Å². The van der Waals surface area contributed by atoms with Crippen molar-refractivity contribution in [2.24, 2.45) is 7.05 Å². The molecule has 0 radical (unpaired) electrons. The molecule has 0 atom stereocenters. The summed E-state index contributed by atoms with van der Waals surface area (Å²) < 4.78 is 3.63.